The molecule has 2 aromatic heterocycles. The molecule has 0 aliphatic rings. The second-order valence-electron chi connectivity index (χ2n) is 8.61. The molecule has 1 N–H and O–H groups in total. The topological polar surface area (TPSA) is 93.9 Å². The smallest absolute Gasteiger partial charge is 0.352 e. The normalized spacial score (nSPS) is 11.6. The Bertz CT molecular complexity index is 1580. The first kappa shape index (κ1) is 26.0. The Kier molecular flexibility index (Phi) is 7.13. The number of amides is 1. The van der Waals surface area contributed by atoms with E-state index >= 15 is 0 Å². The number of aldehydes is 1. The Hall–Kier alpha value is -4.05. The van der Waals surface area contributed by atoms with Gasteiger partial charge in [-0.05, 0) is 55.8 Å². The van der Waals surface area contributed by atoms with Gasteiger partial charge >= 0.3 is 6.18 Å². The summed E-state index contributed by atoms with van der Waals surface area (Å²) < 4.78 is 41.3. The van der Waals surface area contributed by atoms with Crippen molar-refractivity contribution in [3.63, 3.8) is 0 Å². The SMILES string of the molecule is CC(C)NC(=O)Cn1c(-c2cccc(Cl)c2)nc2ncc(-c3cc(C=O)cc(C(F)(F)F)c3)cc2c1=O. The molecule has 2 heterocycles. The molecule has 0 fully saturated rings. The maximum absolute atomic E-state index is 13.6. The standard InChI is InChI=1S/C26H20ClF3N4O3/c1-14(2)32-22(36)12-34-24(16-4-3-5-20(27)9-16)33-23-21(25(34)37)10-18(11-31-23)17-6-15(13-35)7-19(8-17)26(28,29)30/h3-11,13-14H,12H2,1-2H3,(H,32,36). The number of carbonyl (C=O) groups excluding carboxylic acids is 2. The molecule has 0 radical (unpaired) electrons. The van der Waals surface area contributed by atoms with Gasteiger partial charge in [0, 0.05) is 34.0 Å². The van der Waals surface area contributed by atoms with E-state index in [-0.39, 0.29) is 46.1 Å². The summed E-state index contributed by atoms with van der Waals surface area (Å²) in [6, 6.07) is 10.6. The van der Waals surface area contributed by atoms with Crippen molar-refractivity contribution >= 4 is 34.8 Å². The highest BCUT2D eigenvalue weighted by Crippen LogP contribution is 2.33. The number of benzene rings is 2. The summed E-state index contributed by atoms with van der Waals surface area (Å²) in [7, 11) is 0. The Balaban J connectivity index is 1.93. The summed E-state index contributed by atoms with van der Waals surface area (Å²) in [4.78, 5) is 46.1. The lowest BCUT2D eigenvalue weighted by Crippen LogP contribution is -2.37. The van der Waals surface area contributed by atoms with Crippen LogP contribution in [0.5, 0.6) is 0 Å². The third-order valence-corrected chi connectivity index (χ3v) is 5.63. The fraction of sp³-hybridized carbons (Fsp3) is 0.192. The predicted molar refractivity (Wildman–Crippen MR) is 133 cm³/mol. The number of fused-ring (bicyclic) bond motifs is 1. The Morgan fingerprint density at radius 2 is 1.86 bits per heavy atom. The molecule has 0 unspecified atom stereocenters. The molecule has 190 valence electrons. The number of aromatic nitrogens is 3. The third kappa shape index (κ3) is 5.69. The quantitative estimate of drug-likeness (QED) is 0.350. The van der Waals surface area contributed by atoms with Crippen LogP contribution in [0.3, 0.4) is 0 Å². The fourth-order valence-corrected chi connectivity index (χ4v) is 4.01. The summed E-state index contributed by atoms with van der Waals surface area (Å²) >= 11 is 6.12. The van der Waals surface area contributed by atoms with Crippen LogP contribution in [-0.2, 0) is 17.5 Å². The molecule has 1 amide bonds. The van der Waals surface area contributed by atoms with Crippen molar-refractivity contribution < 1.29 is 22.8 Å². The third-order valence-electron chi connectivity index (χ3n) is 5.40. The highest BCUT2D eigenvalue weighted by molar-refractivity contribution is 6.30. The predicted octanol–water partition coefficient (Wildman–Crippen LogP) is 5.13. The van der Waals surface area contributed by atoms with Crippen LogP contribution in [0.25, 0.3) is 33.5 Å². The number of nitrogens with one attached hydrogen (secondary N) is 1. The van der Waals surface area contributed by atoms with Crippen molar-refractivity contribution in [3.05, 3.63) is 81.2 Å². The van der Waals surface area contributed by atoms with E-state index in [4.69, 9.17) is 11.6 Å². The second-order valence-corrected chi connectivity index (χ2v) is 9.05. The molecule has 0 saturated carbocycles. The lowest BCUT2D eigenvalue weighted by molar-refractivity contribution is -0.137. The number of hydrogen-bond donors (Lipinski definition) is 1. The maximum Gasteiger partial charge on any atom is 0.416 e. The first-order chi connectivity index (χ1) is 17.5. The van der Waals surface area contributed by atoms with Gasteiger partial charge in [-0.3, -0.25) is 19.0 Å². The number of halogens is 4. The molecule has 0 spiro atoms. The average Bonchev–Trinajstić information content (AvgIpc) is 2.84. The fourth-order valence-electron chi connectivity index (χ4n) is 3.82. The van der Waals surface area contributed by atoms with Crippen molar-refractivity contribution in [2.45, 2.75) is 32.6 Å². The summed E-state index contributed by atoms with van der Waals surface area (Å²) in [6.45, 7) is 3.19. The van der Waals surface area contributed by atoms with Gasteiger partial charge in [0.2, 0.25) is 5.91 Å². The molecule has 0 saturated heterocycles. The number of rotatable bonds is 6. The minimum absolute atomic E-state index is 0.00862. The lowest BCUT2D eigenvalue weighted by Gasteiger charge is -2.15. The van der Waals surface area contributed by atoms with Crippen molar-refractivity contribution in [2.75, 3.05) is 0 Å². The van der Waals surface area contributed by atoms with Gasteiger partial charge in [-0.25, -0.2) is 9.97 Å². The van der Waals surface area contributed by atoms with E-state index in [2.05, 4.69) is 15.3 Å². The molecule has 11 heteroatoms. The van der Waals surface area contributed by atoms with Crippen LogP contribution in [0.1, 0.15) is 29.8 Å². The van der Waals surface area contributed by atoms with Crippen LogP contribution in [0.15, 0.2) is 59.5 Å². The zero-order valence-electron chi connectivity index (χ0n) is 19.6. The number of alkyl halides is 3. The van der Waals surface area contributed by atoms with Crippen molar-refractivity contribution in [1.29, 1.82) is 0 Å². The van der Waals surface area contributed by atoms with Gasteiger partial charge < -0.3 is 5.32 Å². The number of nitrogens with zero attached hydrogens (tertiary/aromatic N) is 3. The molecule has 0 aliphatic heterocycles. The summed E-state index contributed by atoms with van der Waals surface area (Å²) in [5.74, 6) is -0.277. The molecule has 4 aromatic rings. The Labute approximate surface area is 213 Å². The lowest BCUT2D eigenvalue weighted by atomic mass is 10.0. The molecule has 37 heavy (non-hydrogen) atoms. The van der Waals surface area contributed by atoms with Gasteiger partial charge in [0.15, 0.2) is 5.65 Å². The van der Waals surface area contributed by atoms with Gasteiger partial charge in [0.05, 0.1) is 10.9 Å². The molecule has 7 nitrogen and oxygen atoms in total. The minimum atomic E-state index is -4.68. The maximum atomic E-state index is 13.6. The Morgan fingerprint density at radius 1 is 1.11 bits per heavy atom. The molecule has 0 aliphatic carbocycles. The zero-order valence-corrected chi connectivity index (χ0v) is 20.4. The summed E-state index contributed by atoms with van der Waals surface area (Å²) in [5, 5.41) is 3.10. The Morgan fingerprint density at radius 3 is 2.51 bits per heavy atom. The van der Waals surface area contributed by atoms with Gasteiger partial charge in [-0.15, -0.1) is 0 Å². The second kappa shape index (κ2) is 10.1. The van der Waals surface area contributed by atoms with E-state index in [9.17, 15) is 27.6 Å². The molecular formula is C26H20ClF3N4O3. The largest absolute Gasteiger partial charge is 0.416 e. The van der Waals surface area contributed by atoms with E-state index in [1.54, 1.807) is 38.1 Å². The monoisotopic (exact) mass is 528 g/mol. The van der Waals surface area contributed by atoms with Crippen LogP contribution >= 0.6 is 11.6 Å². The van der Waals surface area contributed by atoms with Crippen LogP contribution in [0.4, 0.5) is 13.2 Å². The molecule has 2 aromatic carbocycles. The van der Waals surface area contributed by atoms with Crippen LogP contribution < -0.4 is 10.9 Å². The van der Waals surface area contributed by atoms with Crippen molar-refractivity contribution in [3.8, 4) is 22.5 Å². The number of pyridine rings is 1. The summed E-state index contributed by atoms with van der Waals surface area (Å²) in [5.41, 5.74) is -1.07. The van der Waals surface area contributed by atoms with Gasteiger partial charge in [-0.1, -0.05) is 23.7 Å². The zero-order chi connectivity index (χ0) is 26.9. The first-order valence-corrected chi connectivity index (χ1v) is 11.5. The summed E-state index contributed by atoms with van der Waals surface area (Å²) in [6.07, 6.45) is -3.09. The average molecular weight is 529 g/mol. The number of carbonyl (C=O) groups is 2. The minimum Gasteiger partial charge on any atom is -0.352 e. The van der Waals surface area contributed by atoms with Gasteiger partial charge in [0.25, 0.3) is 5.56 Å². The molecule has 0 atom stereocenters. The van der Waals surface area contributed by atoms with Gasteiger partial charge in [0.1, 0.15) is 18.7 Å². The molecular weight excluding hydrogens is 509 g/mol. The van der Waals surface area contributed by atoms with Crippen molar-refractivity contribution in [1.82, 2.24) is 19.9 Å². The van der Waals surface area contributed by atoms with Crippen LogP contribution in [0.2, 0.25) is 5.02 Å². The highest BCUT2D eigenvalue weighted by atomic mass is 35.5. The first-order valence-electron chi connectivity index (χ1n) is 11.1. The van der Waals surface area contributed by atoms with E-state index in [1.165, 1.54) is 22.9 Å². The van der Waals surface area contributed by atoms with Crippen LogP contribution in [-0.4, -0.2) is 32.8 Å². The van der Waals surface area contributed by atoms with Crippen LogP contribution in [0, 0.1) is 0 Å². The van der Waals surface area contributed by atoms with E-state index < -0.39 is 23.2 Å². The van der Waals surface area contributed by atoms with Crippen molar-refractivity contribution in [2.24, 2.45) is 0 Å². The number of hydrogen-bond acceptors (Lipinski definition) is 5. The highest BCUT2D eigenvalue weighted by Gasteiger charge is 2.31. The van der Waals surface area contributed by atoms with E-state index in [1.807, 2.05) is 0 Å². The van der Waals surface area contributed by atoms with Gasteiger partial charge in [-0.2, -0.15) is 13.2 Å². The van der Waals surface area contributed by atoms with E-state index in [0.717, 1.165) is 12.1 Å². The van der Waals surface area contributed by atoms with E-state index in [0.29, 0.717) is 16.9 Å². The molecule has 4 rings (SSSR count). The molecule has 0 bridgehead atoms.